The van der Waals surface area contributed by atoms with Gasteiger partial charge in [-0.15, -0.1) is 0 Å². The zero-order valence-corrected chi connectivity index (χ0v) is 15.5. The second-order valence-corrected chi connectivity index (χ2v) is 8.91. The van der Waals surface area contributed by atoms with Crippen molar-refractivity contribution < 1.29 is 4.74 Å². The Kier molecular flexibility index (Phi) is 8.29. The Bertz CT molecular complexity index is 276. The minimum absolute atomic E-state index is 0.232. The van der Waals surface area contributed by atoms with E-state index in [9.17, 15) is 0 Å². The molecule has 2 rings (SSSR count). The van der Waals surface area contributed by atoms with Crippen molar-refractivity contribution in [2.45, 2.75) is 64.0 Å². The molecule has 1 N–H and O–H groups in total. The lowest BCUT2D eigenvalue weighted by molar-refractivity contribution is -0.106. The Hall–Kier alpha value is 0.620. The molecule has 2 unspecified atom stereocenters. The summed E-state index contributed by atoms with van der Waals surface area (Å²) in [6.07, 6.45) is 7.62. The summed E-state index contributed by atoms with van der Waals surface area (Å²) in [4.78, 5) is 0. The third-order valence-electron chi connectivity index (χ3n) is 4.81. The van der Waals surface area contributed by atoms with Crippen LogP contribution in [-0.2, 0) is 4.74 Å². The van der Waals surface area contributed by atoms with Gasteiger partial charge >= 0.3 is 0 Å². The van der Waals surface area contributed by atoms with E-state index in [1.807, 2.05) is 0 Å². The molecule has 4 heteroatoms. The maximum absolute atomic E-state index is 6.27. The van der Waals surface area contributed by atoms with Gasteiger partial charge < -0.3 is 10.1 Å². The largest absolute Gasteiger partial charge is 0.375 e. The van der Waals surface area contributed by atoms with Gasteiger partial charge in [0.15, 0.2) is 0 Å². The van der Waals surface area contributed by atoms with E-state index in [4.69, 9.17) is 4.74 Å². The molecule has 21 heavy (non-hydrogen) atoms. The Morgan fingerprint density at radius 3 is 2.81 bits per heavy atom. The van der Waals surface area contributed by atoms with Crippen LogP contribution in [0.1, 0.15) is 52.4 Å². The summed E-state index contributed by atoms with van der Waals surface area (Å²) in [5, 5.41) is 3.84. The summed E-state index contributed by atoms with van der Waals surface area (Å²) >= 11 is 4.24. The number of rotatable bonds is 8. The van der Waals surface area contributed by atoms with Gasteiger partial charge in [0.2, 0.25) is 0 Å². The van der Waals surface area contributed by atoms with Crippen LogP contribution >= 0.6 is 23.5 Å². The molecule has 124 valence electrons. The first-order chi connectivity index (χ1) is 10.3. The topological polar surface area (TPSA) is 21.3 Å². The molecule has 0 aliphatic carbocycles. The minimum atomic E-state index is 0.232. The fourth-order valence-corrected chi connectivity index (χ4v) is 5.88. The zero-order valence-electron chi connectivity index (χ0n) is 13.9. The van der Waals surface area contributed by atoms with Crippen LogP contribution in [0.2, 0.25) is 0 Å². The number of nitrogens with one attached hydrogen (secondary N) is 1. The second-order valence-electron chi connectivity index (χ2n) is 6.53. The van der Waals surface area contributed by atoms with Crippen LogP contribution in [0.4, 0.5) is 0 Å². The van der Waals surface area contributed by atoms with Crippen molar-refractivity contribution in [2.75, 3.05) is 36.2 Å². The molecule has 2 aliphatic rings. The molecule has 1 spiro atoms. The lowest BCUT2D eigenvalue weighted by Gasteiger charge is -2.45. The van der Waals surface area contributed by atoms with Crippen molar-refractivity contribution in [3.05, 3.63) is 0 Å². The van der Waals surface area contributed by atoms with Crippen molar-refractivity contribution >= 4 is 23.5 Å². The molecule has 0 aromatic heterocycles. The van der Waals surface area contributed by atoms with E-state index >= 15 is 0 Å². The van der Waals surface area contributed by atoms with Crippen LogP contribution in [0.5, 0.6) is 0 Å². The number of ether oxygens (including phenoxy) is 1. The van der Waals surface area contributed by atoms with Crippen LogP contribution in [-0.4, -0.2) is 47.8 Å². The molecule has 2 fully saturated rings. The predicted octanol–water partition coefficient (Wildman–Crippen LogP) is 4.19. The molecular formula is C17H33NOS2. The maximum atomic E-state index is 6.27. The van der Waals surface area contributed by atoms with Gasteiger partial charge in [-0.05, 0) is 68.2 Å². The van der Waals surface area contributed by atoms with E-state index in [0.29, 0.717) is 6.04 Å². The maximum Gasteiger partial charge on any atom is 0.0701 e. The smallest absolute Gasteiger partial charge is 0.0701 e. The minimum Gasteiger partial charge on any atom is -0.375 e. The van der Waals surface area contributed by atoms with E-state index in [1.54, 1.807) is 0 Å². The quantitative estimate of drug-likeness (QED) is 0.673. The average molecular weight is 332 g/mol. The first-order valence-electron chi connectivity index (χ1n) is 8.82. The highest BCUT2D eigenvalue weighted by molar-refractivity contribution is 7.99. The van der Waals surface area contributed by atoms with Gasteiger partial charge in [0.25, 0.3) is 0 Å². The Labute approximate surface area is 139 Å². The molecule has 0 bridgehead atoms. The Balaban J connectivity index is 1.90. The Morgan fingerprint density at radius 1 is 1.29 bits per heavy atom. The molecule has 0 amide bonds. The lowest BCUT2D eigenvalue weighted by atomic mass is 9.79. The average Bonchev–Trinajstić information content (AvgIpc) is 2.51. The first kappa shape index (κ1) is 18.0. The van der Waals surface area contributed by atoms with Crippen LogP contribution in [0.3, 0.4) is 0 Å². The first-order valence-corrected chi connectivity index (χ1v) is 11.1. The number of hydrogen-bond donors (Lipinski definition) is 1. The van der Waals surface area contributed by atoms with Gasteiger partial charge in [-0.2, -0.15) is 23.5 Å². The lowest BCUT2D eigenvalue weighted by Crippen LogP contribution is -2.49. The highest BCUT2D eigenvalue weighted by Crippen LogP contribution is 2.41. The Morgan fingerprint density at radius 2 is 2.10 bits per heavy atom. The number of hydrogen-bond acceptors (Lipinski definition) is 4. The van der Waals surface area contributed by atoms with Crippen LogP contribution < -0.4 is 5.32 Å². The molecule has 2 nitrogen and oxygen atoms in total. The molecule has 0 aromatic carbocycles. The predicted molar refractivity (Wildman–Crippen MR) is 97.7 cm³/mol. The van der Waals surface area contributed by atoms with Gasteiger partial charge in [-0.1, -0.05) is 13.8 Å². The summed E-state index contributed by atoms with van der Waals surface area (Å²) in [6.45, 7) is 6.70. The summed E-state index contributed by atoms with van der Waals surface area (Å²) in [5.74, 6) is 5.99. The van der Waals surface area contributed by atoms with Crippen LogP contribution in [0.25, 0.3) is 0 Å². The van der Waals surface area contributed by atoms with Crippen molar-refractivity contribution in [3.8, 4) is 0 Å². The van der Waals surface area contributed by atoms with Gasteiger partial charge in [0, 0.05) is 18.4 Å². The van der Waals surface area contributed by atoms with E-state index in [0.717, 1.165) is 19.1 Å². The molecule has 2 atom stereocenters. The van der Waals surface area contributed by atoms with Crippen LogP contribution in [0.15, 0.2) is 0 Å². The van der Waals surface area contributed by atoms with Gasteiger partial charge in [-0.3, -0.25) is 0 Å². The standard InChI is InChI=1S/C17H33NOS2/c1-3-8-18-16(14-21-10-4-2)15-5-9-19-17(13-15)6-11-20-12-7-17/h15-16,18H,3-14H2,1-2H3. The van der Waals surface area contributed by atoms with Crippen LogP contribution in [0, 0.1) is 5.92 Å². The van der Waals surface area contributed by atoms with Gasteiger partial charge in [-0.25, -0.2) is 0 Å². The second kappa shape index (κ2) is 9.69. The van der Waals surface area contributed by atoms with Gasteiger partial charge in [0.05, 0.1) is 5.60 Å². The van der Waals surface area contributed by atoms with Crippen molar-refractivity contribution in [1.82, 2.24) is 5.32 Å². The molecule has 0 radical (unpaired) electrons. The van der Waals surface area contributed by atoms with Crippen molar-refractivity contribution in [3.63, 3.8) is 0 Å². The molecule has 0 aromatic rings. The normalized spacial score (nSPS) is 26.9. The van der Waals surface area contributed by atoms with Crippen molar-refractivity contribution in [2.24, 2.45) is 5.92 Å². The molecule has 2 saturated heterocycles. The number of thioether (sulfide) groups is 2. The van der Waals surface area contributed by atoms with Crippen molar-refractivity contribution in [1.29, 1.82) is 0 Å². The van der Waals surface area contributed by atoms with Gasteiger partial charge in [0.1, 0.15) is 0 Å². The third-order valence-corrected chi connectivity index (χ3v) is 7.08. The summed E-state index contributed by atoms with van der Waals surface area (Å²) in [7, 11) is 0. The monoisotopic (exact) mass is 331 g/mol. The summed E-state index contributed by atoms with van der Waals surface area (Å²) in [6, 6.07) is 0.692. The summed E-state index contributed by atoms with van der Waals surface area (Å²) in [5.41, 5.74) is 0.232. The molecular weight excluding hydrogens is 298 g/mol. The fraction of sp³-hybridized carbons (Fsp3) is 1.00. The molecule has 2 aliphatic heterocycles. The SMILES string of the molecule is CCCNC(CSCCC)C1CCOC2(CCSCC2)C1. The van der Waals surface area contributed by atoms with E-state index in [1.165, 1.54) is 61.5 Å². The molecule has 0 saturated carbocycles. The highest BCUT2D eigenvalue weighted by Gasteiger charge is 2.40. The fourth-order valence-electron chi connectivity index (χ4n) is 3.55. The molecule has 2 heterocycles. The van der Waals surface area contributed by atoms with E-state index in [-0.39, 0.29) is 5.60 Å². The third kappa shape index (κ3) is 5.63. The van der Waals surface area contributed by atoms with E-state index < -0.39 is 0 Å². The summed E-state index contributed by atoms with van der Waals surface area (Å²) < 4.78 is 6.27. The highest BCUT2D eigenvalue weighted by atomic mass is 32.2. The van der Waals surface area contributed by atoms with E-state index in [2.05, 4.69) is 42.7 Å². The zero-order chi connectivity index (χ0) is 15.0.